The highest BCUT2D eigenvalue weighted by atomic mass is 35.7. The first-order valence-corrected chi connectivity index (χ1v) is 3.98. The number of hydrogen-bond acceptors (Lipinski definition) is 3. The molecule has 0 fully saturated rings. The second kappa shape index (κ2) is 2.74. The molecule has 0 aromatic heterocycles. The fourth-order valence-electron chi connectivity index (χ4n) is 0.150. The Hall–Kier alpha value is 0.520. The molecule has 3 nitrogen and oxygen atoms in total. The minimum Gasteiger partial charge on any atom is -0.296 e. The van der Waals surface area contributed by atoms with Gasteiger partial charge in [0.1, 0.15) is 0 Å². The Morgan fingerprint density at radius 2 is 2.14 bits per heavy atom. The average Bonchev–Trinajstić information content (AvgIpc) is 1.30. The summed E-state index contributed by atoms with van der Waals surface area (Å²) in [5.74, 6) is 0. The zero-order chi connectivity index (χ0) is 5.91. The van der Waals surface area contributed by atoms with Crippen LogP contribution in [-0.4, -0.2) is 15.7 Å². The van der Waals surface area contributed by atoms with E-state index in [1.54, 1.807) is 6.92 Å². The van der Waals surface area contributed by atoms with Gasteiger partial charge in [-0.2, -0.15) is 0 Å². The molecule has 0 aliphatic rings. The van der Waals surface area contributed by atoms with Gasteiger partial charge in [0.25, 0.3) is 0 Å². The highest BCUT2D eigenvalue weighted by molar-refractivity contribution is 8.39. The van der Waals surface area contributed by atoms with Crippen LogP contribution in [0.3, 0.4) is 0 Å². The van der Waals surface area contributed by atoms with Crippen molar-refractivity contribution in [3.8, 4) is 0 Å². The summed E-state index contributed by atoms with van der Waals surface area (Å²) in [4.78, 5) is 0. The molecule has 0 heterocycles. The van der Waals surface area contributed by atoms with Crippen LogP contribution in [0, 0.1) is 0 Å². The lowest BCUT2D eigenvalue weighted by atomic mass is 10.9. The van der Waals surface area contributed by atoms with Crippen molar-refractivity contribution >= 4 is 20.8 Å². The topological polar surface area (TPSA) is 49.7 Å². The number of halogens is 1. The molecule has 0 aliphatic carbocycles. The number of hydrogen-bond donors (Lipinski definition) is 2. The third-order valence-corrected chi connectivity index (χ3v) is 1.07. The molecule has 5 heteroatoms. The van der Waals surface area contributed by atoms with Crippen molar-refractivity contribution in [2.24, 2.45) is 0 Å². The summed E-state index contributed by atoms with van der Waals surface area (Å²) in [6.45, 7) is 1.84. The van der Waals surface area contributed by atoms with E-state index in [0.717, 1.165) is 0 Å². The van der Waals surface area contributed by atoms with E-state index < -0.39 is 10.1 Å². The molecule has 0 saturated heterocycles. The molecule has 0 aliphatic heterocycles. The monoisotopic (exact) mass is 146 g/mol. The van der Waals surface area contributed by atoms with Gasteiger partial charge in [-0.15, -0.1) is 0 Å². The molecule has 0 rings (SSSR count). The Kier molecular flexibility index (Phi) is 2.94. The third-order valence-electron chi connectivity index (χ3n) is 0.268. The van der Waals surface area contributed by atoms with Crippen molar-refractivity contribution in [3.05, 3.63) is 0 Å². The second-order valence-electron chi connectivity index (χ2n) is 0.838. The molecule has 0 amide bonds. The van der Waals surface area contributed by atoms with E-state index in [0.29, 0.717) is 0 Å². The first kappa shape index (κ1) is 7.52. The Balaban J connectivity index is 3.15. The van der Waals surface area contributed by atoms with Gasteiger partial charge in [0.15, 0.2) is 10.1 Å². The smallest absolute Gasteiger partial charge is 0.176 e. The van der Waals surface area contributed by atoms with Gasteiger partial charge in [-0.05, 0) is 6.92 Å². The fourth-order valence-corrected chi connectivity index (χ4v) is 0.717. The van der Waals surface area contributed by atoms with E-state index in [2.05, 4.69) is 4.18 Å². The molecule has 0 saturated carbocycles. The SMILES string of the molecule is CCOS(O)(O)Cl. The van der Waals surface area contributed by atoms with Gasteiger partial charge in [-0.3, -0.25) is 13.3 Å². The summed E-state index contributed by atoms with van der Waals surface area (Å²) < 4.78 is 20.6. The lowest BCUT2D eigenvalue weighted by molar-refractivity contribution is 0.292. The van der Waals surface area contributed by atoms with Crippen molar-refractivity contribution in [3.63, 3.8) is 0 Å². The minimum absolute atomic E-state index is 0.214. The highest BCUT2D eigenvalue weighted by Gasteiger charge is 2.09. The summed E-state index contributed by atoms with van der Waals surface area (Å²) in [5, 5.41) is 0. The predicted molar refractivity (Wildman–Crippen MR) is 30.3 cm³/mol. The maximum atomic E-state index is 8.20. The van der Waals surface area contributed by atoms with Crippen LogP contribution in [0.15, 0.2) is 0 Å². The molecule has 0 unspecified atom stereocenters. The Bertz CT molecular complexity index is 51.4. The van der Waals surface area contributed by atoms with Gasteiger partial charge in [0.2, 0.25) is 0 Å². The lowest BCUT2D eigenvalue weighted by Gasteiger charge is -2.14. The number of rotatable bonds is 2. The zero-order valence-corrected chi connectivity index (χ0v) is 5.37. The van der Waals surface area contributed by atoms with Gasteiger partial charge in [-0.1, -0.05) is 0 Å². The first-order chi connectivity index (χ1) is 3.06. The van der Waals surface area contributed by atoms with Gasteiger partial charge >= 0.3 is 0 Å². The summed E-state index contributed by atoms with van der Waals surface area (Å²) in [5.41, 5.74) is 0. The summed E-state index contributed by atoms with van der Waals surface area (Å²) in [6.07, 6.45) is 0. The minimum atomic E-state index is -3.20. The van der Waals surface area contributed by atoms with Crippen LogP contribution in [0.2, 0.25) is 0 Å². The lowest BCUT2D eigenvalue weighted by Crippen LogP contribution is -1.92. The van der Waals surface area contributed by atoms with Crippen molar-refractivity contribution in [2.75, 3.05) is 6.61 Å². The summed E-state index contributed by atoms with van der Waals surface area (Å²) in [6, 6.07) is 0. The van der Waals surface area contributed by atoms with Crippen molar-refractivity contribution in [2.45, 2.75) is 6.92 Å². The van der Waals surface area contributed by atoms with Gasteiger partial charge in [0.05, 0.1) is 6.61 Å². The maximum Gasteiger partial charge on any atom is 0.176 e. The van der Waals surface area contributed by atoms with E-state index in [-0.39, 0.29) is 6.61 Å². The van der Waals surface area contributed by atoms with Crippen LogP contribution in [-0.2, 0) is 4.18 Å². The van der Waals surface area contributed by atoms with E-state index in [4.69, 9.17) is 19.8 Å². The highest BCUT2D eigenvalue weighted by Crippen LogP contribution is 2.44. The molecule has 2 N–H and O–H groups in total. The molecular formula is C2H7ClO3S. The van der Waals surface area contributed by atoms with Crippen LogP contribution in [0.4, 0.5) is 0 Å². The van der Waals surface area contributed by atoms with Crippen LogP contribution in [0.5, 0.6) is 0 Å². The Labute approximate surface area is 48.3 Å². The molecule has 0 spiro atoms. The summed E-state index contributed by atoms with van der Waals surface area (Å²) in [7, 11) is 1.60. The molecule has 0 atom stereocenters. The van der Waals surface area contributed by atoms with Crippen LogP contribution in [0.1, 0.15) is 6.92 Å². The van der Waals surface area contributed by atoms with E-state index in [1.165, 1.54) is 0 Å². The van der Waals surface area contributed by atoms with E-state index >= 15 is 0 Å². The molecule has 46 valence electrons. The average molecular weight is 147 g/mol. The quantitative estimate of drug-likeness (QED) is 0.625. The largest absolute Gasteiger partial charge is 0.296 e. The fraction of sp³-hybridized carbons (Fsp3) is 1.00. The first-order valence-electron chi connectivity index (χ1n) is 1.68. The molecular weight excluding hydrogens is 140 g/mol. The third kappa shape index (κ3) is 6.52. The van der Waals surface area contributed by atoms with E-state index in [9.17, 15) is 0 Å². The standard InChI is InChI=1S/C2H7ClO3S/c1-2-6-7(3,4)5/h4-5H,2H2,1H3. The van der Waals surface area contributed by atoms with Gasteiger partial charge in [0, 0.05) is 10.7 Å². The predicted octanol–water partition coefficient (Wildman–Crippen LogP) is 1.84. The normalized spacial score (nSPS) is 14.3. The molecule has 0 aromatic rings. The zero-order valence-electron chi connectivity index (χ0n) is 3.80. The van der Waals surface area contributed by atoms with Crippen LogP contribution >= 0.6 is 20.8 Å². The summed E-state index contributed by atoms with van der Waals surface area (Å²) >= 11 is 0. The Morgan fingerprint density at radius 1 is 1.71 bits per heavy atom. The molecule has 7 heavy (non-hydrogen) atoms. The van der Waals surface area contributed by atoms with Crippen LogP contribution < -0.4 is 0 Å². The second-order valence-corrected chi connectivity index (χ2v) is 3.14. The molecule has 0 bridgehead atoms. The molecule has 0 radical (unpaired) electrons. The van der Waals surface area contributed by atoms with Crippen molar-refractivity contribution in [1.82, 2.24) is 0 Å². The molecule has 0 aromatic carbocycles. The van der Waals surface area contributed by atoms with Gasteiger partial charge < -0.3 is 0 Å². The van der Waals surface area contributed by atoms with E-state index in [1.807, 2.05) is 0 Å². The van der Waals surface area contributed by atoms with Crippen molar-refractivity contribution < 1.29 is 13.3 Å². The van der Waals surface area contributed by atoms with Gasteiger partial charge in [-0.25, -0.2) is 0 Å². The van der Waals surface area contributed by atoms with Crippen LogP contribution in [0.25, 0.3) is 0 Å². The van der Waals surface area contributed by atoms with Crippen molar-refractivity contribution in [1.29, 1.82) is 0 Å². The Morgan fingerprint density at radius 3 is 2.14 bits per heavy atom. The maximum absolute atomic E-state index is 8.20.